The number of aliphatic hydroxyl groups is 1. The highest BCUT2D eigenvalue weighted by Gasteiger charge is 2.19. The second-order valence-corrected chi connectivity index (χ2v) is 3.37. The smallest absolute Gasteiger partial charge is 0.339 e. The van der Waals surface area contributed by atoms with Crippen LogP contribution in [0.15, 0.2) is 36.7 Å². The molecule has 0 saturated carbocycles. The minimum Gasteiger partial charge on any atom is -0.467 e. The predicted octanol–water partition coefficient (Wildman–Crippen LogP) is 1.44. The summed E-state index contributed by atoms with van der Waals surface area (Å²) in [5.41, 5.74) is 0.534. The number of aromatic nitrogens is 1. The number of pyridine rings is 1. The van der Waals surface area contributed by atoms with Crippen LogP contribution in [0.3, 0.4) is 0 Å². The zero-order valence-electron chi connectivity index (χ0n) is 8.75. The molecule has 0 saturated heterocycles. The molecule has 4 heteroatoms. The van der Waals surface area contributed by atoms with E-state index in [1.165, 1.54) is 7.11 Å². The number of fused-ring (bicyclic) bond motifs is 1. The molecule has 1 unspecified atom stereocenters. The summed E-state index contributed by atoms with van der Waals surface area (Å²) in [5.74, 6) is -0.663. The van der Waals surface area contributed by atoms with Crippen LogP contribution in [0.5, 0.6) is 0 Å². The Labute approximate surface area is 92.5 Å². The van der Waals surface area contributed by atoms with Crippen molar-refractivity contribution in [2.45, 2.75) is 6.10 Å². The lowest BCUT2D eigenvalue weighted by Gasteiger charge is -2.11. The van der Waals surface area contributed by atoms with E-state index >= 15 is 0 Å². The number of nitrogens with zero attached hydrogens (tertiary/aromatic N) is 1. The molecule has 2 aromatic rings. The first-order valence-corrected chi connectivity index (χ1v) is 4.82. The number of esters is 1. The second-order valence-electron chi connectivity index (χ2n) is 3.37. The number of hydrogen-bond donors (Lipinski definition) is 1. The van der Waals surface area contributed by atoms with Crippen LogP contribution in [0.25, 0.3) is 10.8 Å². The van der Waals surface area contributed by atoms with Crippen molar-refractivity contribution in [3.8, 4) is 0 Å². The van der Waals surface area contributed by atoms with Crippen LogP contribution in [-0.2, 0) is 9.53 Å². The topological polar surface area (TPSA) is 59.4 Å². The summed E-state index contributed by atoms with van der Waals surface area (Å²) in [7, 11) is 1.25. The van der Waals surface area contributed by atoms with Crippen molar-refractivity contribution in [3.63, 3.8) is 0 Å². The van der Waals surface area contributed by atoms with E-state index < -0.39 is 12.1 Å². The van der Waals surface area contributed by atoms with Gasteiger partial charge in [0.15, 0.2) is 6.10 Å². The molecule has 1 aromatic heterocycles. The maximum absolute atomic E-state index is 11.3. The van der Waals surface area contributed by atoms with Crippen LogP contribution in [0.2, 0.25) is 0 Å². The van der Waals surface area contributed by atoms with Crippen molar-refractivity contribution >= 4 is 16.7 Å². The van der Waals surface area contributed by atoms with Crippen molar-refractivity contribution in [1.29, 1.82) is 0 Å². The van der Waals surface area contributed by atoms with Crippen molar-refractivity contribution in [3.05, 3.63) is 42.2 Å². The highest BCUT2D eigenvalue weighted by atomic mass is 16.5. The van der Waals surface area contributed by atoms with E-state index in [0.29, 0.717) is 5.56 Å². The Morgan fingerprint density at radius 1 is 1.44 bits per heavy atom. The van der Waals surface area contributed by atoms with E-state index in [-0.39, 0.29) is 0 Å². The SMILES string of the molecule is COC(=O)C(O)c1cccc2cnccc12. The number of hydrogen-bond acceptors (Lipinski definition) is 4. The Balaban J connectivity index is 2.56. The third kappa shape index (κ3) is 1.75. The summed E-state index contributed by atoms with van der Waals surface area (Å²) in [4.78, 5) is 15.2. The van der Waals surface area contributed by atoms with E-state index in [1.807, 2.05) is 6.07 Å². The van der Waals surface area contributed by atoms with Gasteiger partial charge in [0.2, 0.25) is 0 Å². The average Bonchev–Trinajstić information content (AvgIpc) is 2.36. The third-order valence-corrected chi connectivity index (χ3v) is 2.43. The molecular weight excluding hydrogens is 206 g/mol. The first-order valence-electron chi connectivity index (χ1n) is 4.82. The van der Waals surface area contributed by atoms with Gasteiger partial charge in [0, 0.05) is 17.8 Å². The van der Waals surface area contributed by atoms with Gasteiger partial charge in [0.25, 0.3) is 0 Å². The Hall–Kier alpha value is -1.94. The largest absolute Gasteiger partial charge is 0.467 e. The number of ether oxygens (including phenoxy) is 1. The minimum absolute atomic E-state index is 0.534. The van der Waals surface area contributed by atoms with Gasteiger partial charge in [-0.05, 0) is 17.0 Å². The fourth-order valence-corrected chi connectivity index (χ4v) is 1.62. The lowest BCUT2D eigenvalue weighted by atomic mass is 10.0. The lowest BCUT2D eigenvalue weighted by molar-refractivity contribution is -0.150. The molecule has 82 valence electrons. The van der Waals surface area contributed by atoms with Crippen LogP contribution < -0.4 is 0 Å². The van der Waals surface area contributed by atoms with E-state index in [4.69, 9.17) is 0 Å². The van der Waals surface area contributed by atoms with Crippen LogP contribution in [0.4, 0.5) is 0 Å². The van der Waals surface area contributed by atoms with Crippen LogP contribution in [0.1, 0.15) is 11.7 Å². The normalized spacial score (nSPS) is 12.4. The standard InChI is InChI=1S/C12H11NO3/c1-16-12(15)11(14)10-4-2-3-8-7-13-6-5-9(8)10/h2-7,11,14H,1H3. The van der Waals surface area contributed by atoms with Crippen molar-refractivity contribution in [2.24, 2.45) is 0 Å². The Morgan fingerprint density at radius 3 is 3.00 bits per heavy atom. The maximum atomic E-state index is 11.3. The van der Waals surface area contributed by atoms with Crippen LogP contribution in [0, 0.1) is 0 Å². The molecule has 0 aliphatic heterocycles. The average molecular weight is 217 g/mol. The highest BCUT2D eigenvalue weighted by Crippen LogP contribution is 2.24. The molecular formula is C12H11NO3. The molecule has 0 amide bonds. The molecule has 1 heterocycles. The number of aliphatic hydroxyl groups excluding tert-OH is 1. The summed E-state index contributed by atoms with van der Waals surface area (Å²) < 4.78 is 4.51. The molecule has 1 aromatic carbocycles. The number of benzene rings is 1. The maximum Gasteiger partial charge on any atom is 0.339 e. The first kappa shape index (κ1) is 10.6. The number of rotatable bonds is 2. The molecule has 1 atom stereocenters. The monoisotopic (exact) mass is 217 g/mol. The van der Waals surface area contributed by atoms with Gasteiger partial charge in [-0.25, -0.2) is 4.79 Å². The molecule has 0 aliphatic rings. The summed E-state index contributed by atoms with van der Waals surface area (Å²) in [6.07, 6.45) is 2.05. The number of carbonyl (C=O) groups is 1. The van der Waals surface area contributed by atoms with E-state index in [2.05, 4.69) is 9.72 Å². The van der Waals surface area contributed by atoms with Gasteiger partial charge >= 0.3 is 5.97 Å². The van der Waals surface area contributed by atoms with Gasteiger partial charge in [-0.15, -0.1) is 0 Å². The molecule has 1 N–H and O–H groups in total. The Morgan fingerprint density at radius 2 is 2.25 bits per heavy atom. The highest BCUT2D eigenvalue weighted by molar-refractivity contribution is 5.89. The minimum atomic E-state index is -1.25. The Bertz CT molecular complexity index is 519. The zero-order chi connectivity index (χ0) is 11.5. The predicted molar refractivity (Wildman–Crippen MR) is 58.7 cm³/mol. The van der Waals surface area contributed by atoms with Gasteiger partial charge < -0.3 is 9.84 Å². The molecule has 0 fully saturated rings. The van der Waals surface area contributed by atoms with Gasteiger partial charge in [0.05, 0.1) is 7.11 Å². The summed E-state index contributed by atoms with van der Waals surface area (Å²) in [6, 6.07) is 7.10. The first-order chi connectivity index (χ1) is 7.74. The molecule has 0 radical (unpaired) electrons. The second kappa shape index (κ2) is 4.28. The van der Waals surface area contributed by atoms with E-state index in [1.54, 1.807) is 30.6 Å². The lowest BCUT2D eigenvalue weighted by Crippen LogP contribution is -2.13. The Kier molecular flexibility index (Phi) is 2.83. The molecule has 0 aliphatic carbocycles. The number of methoxy groups -OCH3 is 1. The molecule has 2 rings (SSSR count). The summed E-state index contributed by atoms with van der Waals surface area (Å²) >= 11 is 0. The molecule has 4 nitrogen and oxygen atoms in total. The van der Waals surface area contributed by atoms with Gasteiger partial charge in [0.1, 0.15) is 0 Å². The summed E-state index contributed by atoms with van der Waals surface area (Å²) in [5, 5.41) is 11.5. The third-order valence-electron chi connectivity index (χ3n) is 2.43. The quantitative estimate of drug-likeness (QED) is 0.773. The molecule has 16 heavy (non-hydrogen) atoms. The van der Waals surface area contributed by atoms with Gasteiger partial charge in [-0.3, -0.25) is 4.98 Å². The van der Waals surface area contributed by atoms with Gasteiger partial charge in [-0.2, -0.15) is 0 Å². The molecule has 0 bridgehead atoms. The van der Waals surface area contributed by atoms with Crippen molar-refractivity contribution < 1.29 is 14.6 Å². The van der Waals surface area contributed by atoms with Gasteiger partial charge in [-0.1, -0.05) is 18.2 Å². The van der Waals surface area contributed by atoms with Crippen molar-refractivity contribution in [2.75, 3.05) is 7.11 Å². The van der Waals surface area contributed by atoms with Crippen molar-refractivity contribution in [1.82, 2.24) is 4.98 Å². The fourth-order valence-electron chi connectivity index (χ4n) is 1.62. The van der Waals surface area contributed by atoms with Crippen LogP contribution in [-0.4, -0.2) is 23.2 Å². The van der Waals surface area contributed by atoms with E-state index in [9.17, 15) is 9.90 Å². The number of carbonyl (C=O) groups excluding carboxylic acids is 1. The van der Waals surface area contributed by atoms with E-state index in [0.717, 1.165) is 10.8 Å². The zero-order valence-corrected chi connectivity index (χ0v) is 8.75. The molecule has 0 spiro atoms. The summed E-state index contributed by atoms with van der Waals surface area (Å²) in [6.45, 7) is 0. The fraction of sp³-hybridized carbons (Fsp3) is 0.167. The van der Waals surface area contributed by atoms with Crippen LogP contribution >= 0.6 is 0 Å².